The third-order valence-corrected chi connectivity index (χ3v) is 2.04. The summed E-state index contributed by atoms with van der Waals surface area (Å²) >= 11 is 0. The van der Waals surface area contributed by atoms with Crippen LogP contribution < -0.4 is 0 Å². The van der Waals surface area contributed by atoms with Gasteiger partial charge in [-0.15, -0.1) is 0 Å². The van der Waals surface area contributed by atoms with Gasteiger partial charge in [-0.1, -0.05) is 34.6 Å². The maximum atomic E-state index is 10.8. The SMILES string of the molecule is CO/N=C(/C=O)c1ccccc1/C(C)=N/O. The Hall–Kier alpha value is -2.17. The standard InChI is InChI=1S/C11H12N2O3/c1-8(12-15)9-5-3-4-6-10(9)11(7-14)13-16-2/h3-7,15H,1-2H3/b12-8+,13-11-. The number of hydrogen-bond donors (Lipinski definition) is 1. The van der Waals surface area contributed by atoms with Crippen LogP contribution in [0.3, 0.4) is 0 Å². The van der Waals surface area contributed by atoms with E-state index in [0.29, 0.717) is 23.1 Å². The number of rotatable bonds is 4. The van der Waals surface area contributed by atoms with Crippen LogP contribution in [0.25, 0.3) is 0 Å². The van der Waals surface area contributed by atoms with Crippen LogP contribution in [0, 0.1) is 0 Å². The van der Waals surface area contributed by atoms with Crippen molar-refractivity contribution in [2.24, 2.45) is 10.3 Å². The topological polar surface area (TPSA) is 71.2 Å². The first-order chi connectivity index (χ1) is 7.74. The highest BCUT2D eigenvalue weighted by molar-refractivity contribution is 6.38. The summed E-state index contributed by atoms with van der Waals surface area (Å²) in [7, 11) is 1.36. The van der Waals surface area contributed by atoms with E-state index in [4.69, 9.17) is 5.21 Å². The Kier molecular flexibility index (Phi) is 4.20. The summed E-state index contributed by atoms with van der Waals surface area (Å²) in [6.07, 6.45) is 0.590. The van der Waals surface area contributed by atoms with Gasteiger partial charge >= 0.3 is 0 Å². The normalized spacial score (nSPS) is 12.4. The van der Waals surface area contributed by atoms with Crippen LogP contribution in [0.2, 0.25) is 0 Å². The number of benzene rings is 1. The van der Waals surface area contributed by atoms with Gasteiger partial charge in [0.15, 0.2) is 6.29 Å². The number of aldehydes is 1. The van der Waals surface area contributed by atoms with Gasteiger partial charge in [0.25, 0.3) is 0 Å². The van der Waals surface area contributed by atoms with E-state index >= 15 is 0 Å². The zero-order valence-corrected chi connectivity index (χ0v) is 9.04. The fourth-order valence-electron chi connectivity index (χ4n) is 1.31. The molecule has 0 heterocycles. The van der Waals surface area contributed by atoms with Crippen molar-refractivity contribution in [2.75, 3.05) is 7.11 Å². The van der Waals surface area contributed by atoms with Crippen molar-refractivity contribution in [3.8, 4) is 0 Å². The van der Waals surface area contributed by atoms with E-state index in [1.54, 1.807) is 31.2 Å². The van der Waals surface area contributed by atoms with Crippen molar-refractivity contribution in [3.05, 3.63) is 35.4 Å². The maximum absolute atomic E-state index is 10.8. The maximum Gasteiger partial charge on any atom is 0.172 e. The molecule has 1 aromatic carbocycles. The number of carbonyl (C=O) groups excluding carboxylic acids is 1. The van der Waals surface area contributed by atoms with Gasteiger partial charge in [0.1, 0.15) is 12.8 Å². The largest absolute Gasteiger partial charge is 0.411 e. The molecule has 1 N–H and O–H groups in total. The zero-order chi connectivity index (χ0) is 12.0. The highest BCUT2D eigenvalue weighted by Gasteiger charge is 2.11. The Labute approximate surface area is 93.0 Å². The van der Waals surface area contributed by atoms with E-state index in [1.807, 2.05) is 0 Å². The lowest BCUT2D eigenvalue weighted by atomic mass is 10.0. The minimum Gasteiger partial charge on any atom is -0.411 e. The van der Waals surface area contributed by atoms with E-state index in [1.165, 1.54) is 7.11 Å². The van der Waals surface area contributed by atoms with Gasteiger partial charge in [-0.2, -0.15) is 0 Å². The minimum absolute atomic E-state index is 0.154. The number of carbonyl (C=O) groups is 1. The first-order valence-electron chi connectivity index (χ1n) is 4.59. The fraction of sp³-hybridized carbons (Fsp3) is 0.182. The van der Waals surface area contributed by atoms with Crippen LogP contribution in [-0.2, 0) is 9.63 Å². The van der Waals surface area contributed by atoms with Crippen LogP contribution in [-0.4, -0.2) is 30.0 Å². The molecule has 0 aromatic heterocycles. The van der Waals surface area contributed by atoms with Crippen molar-refractivity contribution >= 4 is 17.7 Å². The first kappa shape index (κ1) is 11.9. The number of nitrogens with zero attached hydrogens (tertiary/aromatic N) is 2. The lowest BCUT2D eigenvalue weighted by Crippen LogP contribution is -2.10. The molecule has 0 radical (unpaired) electrons. The summed E-state index contributed by atoms with van der Waals surface area (Å²) in [5.41, 5.74) is 1.75. The molecule has 0 amide bonds. The van der Waals surface area contributed by atoms with Crippen LogP contribution in [0.5, 0.6) is 0 Å². The Morgan fingerprint density at radius 3 is 2.50 bits per heavy atom. The van der Waals surface area contributed by atoms with Gasteiger partial charge in [0, 0.05) is 11.1 Å². The third-order valence-electron chi connectivity index (χ3n) is 2.04. The van der Waals surface area contributed by atoms with Gasteiger partial charge in [-0.3, -0.25) is 4.79 Å². The summed E-state index contributed by atoms with van der Waals surface area (Å²) in [6.45, 7) is 1.63. The molecule has 5 nitrogen and oxygen atoms in total. The molecule has 0 saturated heterocycles. The molecule has 0 aliphatic heterocycles. The molecular formula is C11H12N2O3. The highest BCUT2D eigenvalue weighted by Crippen LogP contribution is 2.11. The Bertz CT molecular complexity index is 439. The molecule has 0 unspecified atom stereocenters. The minimum atomic E-state index is 0.154. The summed E-state index contributed by atoms with van der Waals surface area (Å²) in [5.74, 6) is 0. The van der Waals surface area contributed by atoms with Crippen LogP contribution in [0.15, 0.2) is 34.6 Å². The Morgan fingerprint density at radius 2 is 2.00 bits per heavy atom. The lowest BCUT2D eigenvalue weighted by Gasteiger charge is -2.06. The van der Waals surface area contributed by atoms with Crippen molar-refractivity contribution < 1.29 is 14.8 Å². The average molecular weight is 220 g/mol. The van der Waals surface area contributed by atoms with Crippen LogP contribution in [0.4, 0.5) is 0 Å². The molecule has 1 aromatic rings. The summed E-state index contributed by atoms with van der Waals surface area (Å²) in [5, 5.41) is 15.4. The lowest BCUT2D eigenvalue weighted by molar-refractivity contribution is -0.102. The van der Waals surface area contributed by atoms with E-state index in [-0.39, 0.29) is 5.71 Å². The summed E-state index contributed by atoms with van der Waals surface area (Å²) in [4.78, 5) is 15.4. The smallest absolute Gasteiger partial charge is 0.172 e. The molecule has 0 spiro atoms. The molecular weight excluding hydrogens is 208 g/mol. The van der Waals surface area contributed by atoms with E-state index in [9.17, 15) is 4.79 Å². The van der Waals surface area contributed by atoms with E-state index in [2.05, 4.69) is 15.1 Å². The van der Waals surface area contributed by atoms with Gasteiger partial charge in [0.05, 0.1) is 5.71 Å². The van der Waals surface area contributed by atoms with Crippen LogP contribution in [0.1, 0.15) is 18.1 Å². The second kappa shape index (κ2) is 5.65. The number of oxime groups is 2. The average Bonchev–Trinajstić information content (AvgIpc) is 2.35. The molecule has 16 heavy (non-hydrogen) atoms. The van der Waals surface area contributed by atoms with Crippen molar-refractivity contribution in [1.82, 2.24) is 0 Å². The Morgan fingerprint density at radius 1 is 1.38 bits per heavy atom. The zero-order valence-electron chi connectivity index (χ0n) is 9.04. The fourth-order valence-corrected chi connectivity index (χ4v) is 1.31. The second-order valence-corrected chi connectivity index (χ2v) is 3.01. The molecule has 0 saturated carbocycles. The predicted molar refractivity (Wildman–Crippen MR) is 60.0 cm³/mol. The summed E-state index contributed by atoms with van der Waals surface area (Å²) in [6, 6.07) is 6.98. The molecule has 5 heteroatoms. The van der Waals surface area contributed by atoms with Gasteiger partial charge in [-0.25, -0.2) is 0 Å². The molecule has 0 aliphatic carbocycles. The Balaban J connectivity index is 3.32. The van der Waals surface area contributed by atoms with Gasteiger partial charge < -0.3 is 10.0 Å². The molecule has 84 valence electrons. The molecule has 0 fully saturated rings. The third kappa shape index (κ3) is 2.44. The summed E-state index contributed by atoms with van der Waals surface area (Å²) < 4.78 is 0. The predicted octanol–water partition coefficient (Wildman–Crippen LogP) is 1.43. The van der Waals surface area contributed by atoms with E-state index < -0.39 is 0 Å². The first-order valence-corrected chi connectivity index (χ1v) is 4.59. The van der Waals surface area contributed by atoms with Crippen molar-refractivity contribution in [2.45, 2.75) is 6.92 Å². The van der Waals surface area contributed by atoms with Crippen LogP contribution >= 0.6 is 0 Å². The molecule has 0 bridgehead atoms. The second-order valence-electron chi connectivity index (χ2n) is 3.01. The van der Waals surface area contributed by atoms with Gasteiger partial charge in [-0.05, 0) is 6.92 Å². The van der Waals surface area contributed by atoms with Crippen molar-refractivity contribution in [3.63, 3.8) is 0 Å². The molecule has 0 aliphatic rings. The monoisotopic (exact) mass is 220 g/mol. The van der Waals surface area contributed by atoms with Gasteiger partial charge in [0.2, 0.25) is 0 Å². The number of hydrogen-bond acceptors (Lipinski definition) is 5. The highest BCUT2D eigenvalue weighted by atomic mass is 16.6. The molecule has 1 rings (SSSR count). The quantitative estimate of drug-likeness (QED) is 0.361. The van der Waals surface area contributed by atoms with E-state index in [0.717, 1.165) is 0 Å². The molecule has 0 atom stereocenters. The van der Waals surface area contributed by atoms with Crippen molar-refractivity contribution in [1.29, 1.82) is 0 Å².